The number of aromatic nitrogens is 1. The summed E-state index contributed by atoms with van der Waals surface area (Å²) in [6.45, 7) is 1.99. The molecule has 1 aromatic rings. The van der Waals surface area contributed by atoms with E-state index in [-0.39, 0.29) is 6.10 Å². The van der Waals surface area contributed by atoms with Gasteiger partial charge in [-0.1, -0.05) is 0 Å². The van der Waals surface area contributed by atoms with Gasteiger partial charge in [0.25, 0.3) is 0 Å². The van der Waals surface area contributed by atoms with Crippen LogP contribution < -0.4 is 0 Å². The zero-order chi connectivity index (χ0) is 11.7. The van der Waals surface area contributed by atoms with Gasteiger partial charge in [0.15, 0.2) is 0 Å². The van der Waals surface area contributed by atoms with Crippen molar-refractivity contribution in [3.63, 3.8) is 0 Å². The van der Waals surface area contributed by atoms with Gasteiger partial charge in [-0.3, -0.25) is 4.79 Å². The van der Waals surface area contributed by atoms with Gasteiger partial charge >= 0.3 is 5.97 Å². The molecule has 0 saturated carbocycles. The van der Waals surface area contributed by atoms with E-state index in [0.29, 0.717) is 6.42 Å². The fourth-order valence-electron chi connectivity index (χ4n) is 1.93. The number of hydrogen-bond acceptors (Lipinski definition) is 4. The summed E-state index contributed by atoms with van der Waals surface area (Å²) in [6.07, 6.45) is 2.45. The minimum atomic E-state index is -0.754. The predicted octanol–water partition coefficient (Wildman–Crippen LogP) is 1.83. The van der Waals surface area contributed by atoms with Crippen LogP contribution in [-0.4, -0.2) is 29.3 Å². The van der Waals surface area contributed by atoms with Crippen molar-refractivity contribution in [1.29, 1.82) is 0 Å². The molecule has 2 atom stereocenters. The van der Waals surface area contributed by atoms with Crippen LogP contribution in [0.1, 0.15) is 34.8 Å². The van der Waals surface area contributed by atoms with Crippen LogP contribution in [0.4, 0.5) is 0 Å². The van der Waals surface area contributed by atoms with Crippen molar-refractivity contribution in [2.75, 3.05) is 7.11 Å². The molecular weight excluding hydrogens is 226 g/mol. The van der Waals surface area contributed by atoms with Crippen LogP contribution in [0.3, 0.4) is 0 Å². The first-order valence-corrected chi connectivity index (χ1v) is 6.17. The highest BCUT2D eigenvalue weighted by Gasteiger charge is 2.32. The normalized spacial score (nSPS) is 20.8. The van der Waals surface area contributed by atoms with E-state index in [0.717, 1.165) is 28.4 Å². The summed E-state index contributed by atoms with van der Waals surface area (Å²) in [7, 11) is 1.67. The molecule has 1 aliphatic rings. The topological polar surface area (TPSA) is 59.4 Å². The first-order chi connectivity index (χ1) is 7.61. The highest BCUT2D eigenvalue weighted by molar-refractivity contribution is 7.11. The van der Waals surface area contributed by atoms with Crippen LogP contribution in [0.25, 0.3) is 0 Å². The number of aryl methyl sites for hydroxylation is 1. The maximum atomic E-state index is 11.0. The molecule has 0 spiro atoms. The molecule has 1 N–H and O–H groups in total. The Morgan fingerprint density at radius 2 is 2.50 bits per heavy atom. The molecule has 0 radical (unpaired) electrons. The van der Waals surface area contributed by atoms with Crippen LogP contribution in [0.5, 0.6) is 0 Å². The number of rotatable bonds is 4. The van der Waals surface area contributed by atoms with Crippen molar-refractivity contribution in [3.8, 4) is 0 Å². The summed E-state index contributed by atoms with van der Waals surface area (Å²) in [4.78, 5) is 16.6. The molecule has 88 valence electrons. The number of carboxylic acid groups (broad SMARTS) is 1. The van der Waals surface area contributed by atoms with Gasteiger partial charge in [-0.05, 0) is 19.8 Å². The molecule has 0 aromatic carbocycles. The van der Waals surface area contributed by atoms with Gasteiger partial charge in [0, 0.05) is 18.4 Å². The molecule has 1 aromatic heterocycles. The van der Waals surface area contributed by atoms with E-state index < -0.39 is 11.9 Å². The lowest BCUT2D eigenvalue weighted by Crippen LogP contribution is -2.11. The number of thiazole rings is 1. The number of hydrogen-bond donors (Lipinski definition) is 1. The van der Waals surface area contributed by atoms with Crippen LogP contribution in [0, 0.1) is 0 Å². The zero-order valence-corrected chi connectivity index (χ0v) is 10.2. The second-order valence-corrected chi connectivity index (χ2v) is 5.26. The number of aliphatic carboxylic acids is 1. The Morgan fingerprint density at radius 3 is 3.12 bits per heavy atom. The fraction of sp³-hybridized carbons (Fsp3) is 0.636. The molecule has 5 heteroatoms. The van der Waals surface area contributed by atoms with Gasteiger partial charge in [-0.25, -0.2) is 4.98 Å². The summed E-state index contributed by atoms with van der Waals surface area (Å²) in [6, 6.07) is 0. The van der Waals surface area contributed by atoms with Crippen molar-refractivity contribution in [2.24, 2.45) is 0 Å². The quantitative estimate of drug-likeness (QED) is 0.873. The van der Waals surface area contributed by atoms with Crippen molar-refractivity contribution in [3.05, 3.63) is 15.6 Å². The van der Waals surface area contributed by atoms with Crippen LogP contribution in [0.2, 0.25) is 0 Å². The zero-order valence-electron chi connectivity index (χ0n) is 9.40. The van der Waals surface area contributed by atoms with Gasteiger partial charge in [0.1, 0.15) is 5.92 Å². The lowest BCUT2D eigenvalue weighted by molar-refractivity contribution is -0.138. The summed E-state index contributed by atoms with van der Waals surface area (Å²) >= 11 is 1.63. The molecule has 0 fully saturated rings. The minimum absolute atomic E-state index is 0.134. The van der Waals surface area contributed by atoms with E-state index in [4.69, 9.17) is 9.84 Å². The number of carbonyl (C=O) groups is 1. The van der Waals surface area contributed by atoms with Gasteiger partial charge in [-0.15, -0.1) is 11.3 Å². The molecule has 1 aliphatic carbocycles. The van der Waals surface area contributed by atoms with Crippen LogP contribution in [-0.2, 0) is 22.4 Å². The third-order valence-corrected chi connectivity index (χ3v) is 4.08. The lowest BCUT2D eigenvalue weighted by atomic mass is 10.1. The molecule has 4 nitrogen and oxygen atoms in total. The first-order valence-electron chi connectivity index (χ1n) is 5.36. The summed E-state index contributed by atoms with van der Waals surface area (Å²) in [5.41, 5.74) is 0.788. The van der Waals surface area contributed by atoms with E-state index in [1.165, 1.54) is 0 Å². The van der Waals surface area contributed by atoms with Crippen molar-refractivity contribution < 1.29 is 14.6 Å². The summed E-state index contributed by atoms with van der Waals surface area (Å²) < 4.78 is 5.18. The Morgan fingerprint density at radius 1 is 1.75 bits per heavy atom. The van der Waals surface area contributed by atoms with Crippen molar-refractivity contribution in [2.45, 2.75) is 38.2 Å². The van der Waals surface area contributed by atoms with Crippen molar-refractivity contribution in [1.82, 2.24) is 4.98 Å². The first kappa shape index (κ1) is 11.5. The second-order valence-electron chi connectivity index (χ2n) is 4.10. The molecule has 1 heterocycles. The molecule has 2 rings (SSSR count). The van der Waals surface area contributed by atoms with E-state index in [2.05, 4.69) is 4.98 Å². The predicted molar refractivity (Wildman–Crippen MR) is 61.0 cm³/mol. The Kier molecular flexibility index (Phi) is 3.25. The second kappa shape index (κ2) is 4.51. The maximum Gasteiger partial charge on any atom is 0.312 e. The van der Waals surface area contributed by atoms with Crippen molar-refractivity contribution >= 4 is 17.3 Å². The van der Waals surface area contributed by atoms with Gasteiger partial charge in [0.2, 0.25) is 0 Å². The van der Waals surface area contributed by atoms with Crippen LogP contribution in [0.15, 0.2) is 0 Å². The monoisotopic (exact) mass is 241 g/mol. The largest absolute Gasteiger partial charge is 0.481 e. The van der Waals surface area contributed by atoms with E-state index >= 15 is 0 Å². The average molecular weight is 241 g/mol. The third-order valence-electron chi connectivity index (χ3n) is 2.92. The highest BCUT2D eigenvalue weighted by Crippen LogP contribution is 2.36. The van der Waals surface area contributed by atoms with E-state index in [9.17, 15) is 4.79 Å². The smallest absolute Gasteiger partial charge is 0.312 e. The Balaban J connectivity index is 2.16. The number of carboxylic acids is 1. The maximum absolute atomic E-state index is 11.0. The lowest BCUT2D eigenvalue weighted by Gasteiger charge is -2.06. The average Bonchev–Trinajstić information content (AvgIpc) is 2.75. The summed E-state index contributed by atoms with van der Waals surface area (Å²) in [5.74, 6) is -1.15. The Labute approximate surface area is 98.3 Å². The van der Waals surface area contributed by atoms with Gasteiger partial charge < -0.3 is 9.84 Å². The van der Waals surface area contributed by atoms with E-state index in [1.54, 1.807) is 18.4 Å². The Bertz CT molecular complexity index is 402. The standard InChI is InChI=1S/C11H15NO3S/c1-6(15-2)5-9-12-10-7(11(13)14)3-4-8(10)16-9/h6-7H,3-5H2,1-2H3,(H,13,14). The Hall–Kier alpha value is -0.940. The fourth-order valence-corrected chi connectivity index (χ4v) is 3.19. The molecule has 2 unspecified atom stereocenters. The van der Waals surface area contributed by atoms with Gasteiger partial charge in [-0.2, -0.15) is 0 Å². The number of ether oxygens (including phenoxy) is 1. The highest BCUT2D eigenvalue weighted by atomic mass is 32.1. The van der Waals surface area contributed by atoms with E-state index in [1.807, 2.05) is 6.92 Å². The number of fused-ring (bicyclic) bond motifs is 1. The minimum Gasteiger partial charge on any atom is -0.481 e. The third kappa shape index (κ3) is 2.10. The summed E-state index contributed by atoms with van der Waals surface area (Å²) in [5, 5.41) is 10.0. The molecule has 0 aliphatic heterocycles. The number of nitrogens with zero attached hydrogens (tertiary/aromatic N) is 1. The molecule has 16 heavy (non-hydrogen) atoms. The van der Waals surface area contributed by atoms with Crippen LogP contribution >= 0.6 is 11.3 Å². The number of methoxy groups -OCH3 is 1. The SMILES string of the molecule is COC(C)Cc1nc2c(s1)CCC2C(=O)O. The molecule has 0 amide bonds. The van der Waals surface area contributed by atoms with Gasteiger partial charge in [0.05, 0.1) is 16.8 Å². The molecule has 0 bridgehead atoms. The molecular formula is C11H15NO3S. The molecule has 0 saturated heterocycles.